The Bertz CT molecular complexity index is 1190. The molecule has 0 spiro atoms. The Morgan fingerprint density at radius 3 is 2.48 bits per heavy atom. The number of benzene rings is 3. The van der Waals surface area contributed by atoms with Crippen molar-refractivity contribution in [1.29, 1.82) is 0 Å². The summed E-state index contributed by atoms with van der Waals surface area (Å²) in [5.41, 5.74) is 4.29. The van der Waals surface area contributed by atoms with E-state index in [-0.39, 0.29) is 15.5 Å². The fourth-order valence-electron chi connectivity index (χ4n) is 3.44. The van der Waals surface area contributed by atoms with Crippen molar-refractivity contribution >= 4 is 44.4 Å². The van der Waals surface area contributed by atoms with Crippen LogP contribution in [0.2, 0.25) is 5.02 Å². The maximum atomic E-state index is 12.6. The molecule has 1 heterocycles. The van der Waals surface area contributed by atoms with Crippen LogP contribution < -0.4 is 10.2 Å². The lowest BCUT2D eigenvalue weighted by molar-refractivity contribution is 0.102. The molecular weight excluding hydrogens is 408 g/mol. The summed E-state index contributed by atoms with van der Waals surface area (Å²) in [6.07, 6.45) is 2.09. The molecule has 3 aromatic rings. The van der Waals surface area contributed by atoms with E-state index in [1.165, 1.54) is 29.4 Å². The summed E-state index contributed by atoms with van der Waals surface area (Å²) in [6.45, 7) is 0.916. The number of para-hydroxylation sites is 1. The van der Waals surface area contributed by atoms with Crippen molar-refractivity contribution < 1.29 is 13.2 Å². The van der Waals surface area contributed by atoms with E-state index in [0.717, 1.165) is 24.9 Å². The number of sulfone groups is 1. The molecule has 1 aliphatic rings. The smallest absolute Gasteiger partial charge is 0.257 e. The second-order valence-corrected chi connectivity index (χ2v) is 9.37. The van der Waals surface area contributed by atoms with Crippen molar-refractivity contribution in [2.45, 2.75) is 11.3 Å². The number of carbonyl (C=O) groups is 1. The summed E-state index contributed by atoms with van der Waals surface area (Å²) in [7, 11) is -3.43. The Morgan fingerprint density at radius 1 is 1.03 bits per heavy atom. The van der Waals surface area contributed by atoms with Gasteiger partial charge >= 0.3 is 0 Å². The predicted molar refractivity (Wildman–Crippen MR) is 116 cm³/mol. The number of carbonyl (C=O) groups excluding carboxylic acids is 1. The Hall–Kier alpha value is -2.83. The van der Waals surface area contributed by atoms with Gasteiger partial charge in [0.2, 0.25) is 0 Å². The Balaban J connectivity index is 1.54. The normalized spacial score (nSPS) is 13.2. The first-order chi connectivity index (χ1) is 13.8. The van der Waals surface area contributed by atoms with Gasteiger partial charge in [-0.2, -0.15) is 0 Å². The maximum Gasteiger partial charge on any atom is 0.257 e. The number of fused-ring (bicyclic) bond motifs is 1. The van der Waals surface area contributed by atoms with Crippen molar-refractivity contribution in [2.24, 2.45) is 0 Å². The molecule has 0 fully saturated rings. The predicted octanol–water partition coefficient (Wildman–Crippen LogP) is 4.69. The topological polar surface area (TPSA) is 66.5 Å². The summed E-state index contributed by atoms with van der Waals surface area (Å²) >= 11 is 6.10. The van der Waals surface area contributed by atoms with E-state index in [9.17, 15) is 13.2 Å². The van der Waals surface area contributed by atoms with Crippen LogP contribution in [0.15, 0.2) is 71.6 Å². The van der Waals surface area contributed by atoms with Gasteiger partial charge in [0.15, 0.2) is 9.84 Å². The molecule has 1 aliphatic heterocycles. The Labute approximate surface area is 174 Å². The zero-order chi connectivity index (χ0) is 20.6. The molecule has 0 aliphatic carbocycles. The van der Waals surface area contributed by atoms with Crippen LogP contribution in [0.3, 0.4) is 0 Å². The van der Waals surface area contributed by atoms with Crippen LogP contribution >= 0.6 is 11.6 Å². The molecular formula is C22H19ClN2O3S. The van der Waals surface area contributed by atoms with Gasteiger partial charge in [0.1, 0.15) is 0 Å². The SMILES string of the molecule is CS(=O)(=O)c1ccc(Cl)c(C(=O)Nc2ccc(N3CCc4ccccc43)cc2)c1. The van der Waals surface area contributed by atoms with E-state index in [4.69, 9.17) is 11.6 Å². The lowest BCUT2D eigenvalue weighted by atomic mass is 10.2. The molecule has 4 rings (SSSR count). The number of hydrogen-bond acceptors (Lipinski definition) is 4. The summed E-state index contributed by atoms with van der Waals surface area (Å²) in [4.78, 5) is 14.9. The zero-order valence-corrected chi connectivity index (χ0v) is 17.3. The third-order valence-electron chi connectivity index (χ3n) is 4.93. The quantitative estimate of drug-likeness (QED) is 0.657. The summed E-state index contributed by atoms with van der Waals surface area (Å²) in [5, 5.41) is 2.97. The van der Waals surface area contributed by atoms with Crippen LogP contribution in [0, 0.1) is 0 Å². The van der Waals surface area contributed by atoms with Gasteiger partial charge in [0, 0.05) is 29.9 Å². The second-order valence-electron chi connectivity index (χ2n) is 6.95. The lowest BCUT2D eigenvalue weighted by Gasteiger charge is -2.20. The van der Waals surface area contributed by atoms with E-state index < -0.39 is 15.7 Å². The highest BCUT2D eigenvalue weighted by Gasteiger charge is 2.20. The number of anilines is 3. The Morgan fingerprint density at radius 2 is 1.76 bits per heavy atom. The minimum Gasteiger partial charge on any atom is -0.341 e. The molecule has 148 valence electrons. The van der Waals surface area contributed by atoms with Crippen molar-refractivity contribution in [3.8, 4) is 0 Å². The first kappa shape index (κ1) is 19.5. The van der Waals surface area contributed by atoms with Gasteiger partial charge in [-0.15, -0.1) is 0 Å². The molecule has 0 unspecified atom stereocenters. The van der Waals surface area contributed by atoms with Crippen molar-refractivity contribution in [1.82, 2.24) is 0 Å². The molecule has 0 aromatic heterocycles. The van der Waals surface area contributed by atoms with Crippen LogP contribution in [0.4, 0.5) is 17.1 Å². The van der Waals surface area contributed by atoms with E-state index in [1.807, 2.05) is 36.4 Å². The van der Waals surface area contributed by atoms with Crippen LogP contribution in [0.1, 0.15) is 15.9 Å². The fraction of sp³-hybridized carbons (Fsp3) is 0.136. The summed E-state index contributed by atoms with van der Waals surface area (Å²) < 4.78 is 23.5. The molecule has 0 radical (unpaired) electrons. The number of amides is 1. The number of rotatable bonds is 4. The minimum absolute atomic E-state index is 0.0510. The Kier molecular flexibility index (Phi) is 5.06. The minimum atomic E-state index is -3.43. The van der Waals surface area contributed by atoms with Gasteiger partial charge in [0.25, 0.3) is 5.91 Å². The van der Waals surface area contributed by atoms with E-state index in [1.54, 1.807) is 0 Å². The average molecular weight is 427 g/mol. The second kappa shape index (κ2) is 7.54. The van der Waals surface area contributed by atoms with Gasteiger partial charge in [-0.3, -0.25) is 4.79 Å². The highest BCUT2D eigenvalue weighted by Crippen LogP contribution is 2.34. The molecule has 5 nitrogen and oxygen atoms in total. The highest BCUT2D eigenvalue weighted by atomic mass is 35.5. The summed E-state index contributed by atoms with van der Waals surface area (Å²) in [5.74, 6) is -0.459. The first-order valence-corrected chi connectivity index (χ1v) is 11.4. The van der Waals surface area contributed by atoms with Gasteiger partial charge in [-0.1, -0.05) is 29.8 Å². The van der Waals surface area contributed by atoms with E-state index in [0.29, 0.717) is 5.69 Å². The van der Waals surface area contributed by atoms with Crippen LogP contribution in [0.5, 0.6) is 0 Å². The monoisotopic (exact) mass is 426 g/mol. The largest absolute Gasteiger partial charge is 0.341 e. The molecule has 0 atom stereocenters. The van der Waals surface area contributed by atoms with Gasteiger partial charge in [-0.05, 0) is 60.5 Å². The number of halogens is 1. The number of nitrogens with zero attached hydrogens (tertiary/aromatic N) is 1. The molecule has 7 heteroatoms. The zero-order valence-electron chi connectivity index (χ0n) is 15.7. The molecule has 1 N–H and O–H groups in total. The van der Waals surface area contributed by atoms with Crippen LogP contribution in [0.25, 0.3) is 0 Å². The molecule has 0 saturated heterocycles. The lowest BCUT2D eigenvalue weighted by Crippen LogP contribution is -2.15. The van der Waals surface area contributed by atoms with Gasteiger partial charge < -0.3 is 10.2 Å². The number of hydrogen-bond donors (Lipinski definition) is 1. The molecule has 1 amide bonds. The summed E-state index contributed by atoms with van der Waals surface area (Å²) in [6, 6.07) is 20.0. The van der Waals surface area contributed by atoms with Gasteiger partial charge in [-0.25, -0.2) is 8.42 Å². The first-order valence-electron chi connectivity index (χ1n) is 9.09. The van der Waals surface area contributed by atoms with Crippen LogP contribution in [-0.4, -0.2) is 27.1 Å². The molecule has 0 saturated carbocycles. The van der Waals surface area contributed by atoms with Crippen LogP contribution in [-0.2, 0) is 16.3 Å². The average Bonchev–Trinajstić information content (AvgIpc) is 3.12. The van der Waals surface area contributed by atoms with E-state index in [2.05, 4.69) is 22.3 Å². The highest BCUT2D eigenvalue weighted by molar-refractivity contribution is 7.90. The van der Waals surface area contributed by atoms with Crippen molar-refractivity contribution in [3.05, 3.63) is 82.9 Å². The third-order valence-corrected chi connectivity index (χ3v) is 6.37. The third kappa shape index (κ3) is 3.99. The maximum absolute atomic E-state index is 12.6. The van der Waals surface area contributed by atoms with E-state index >= 15 is 0 Å². The number of nitrogens with one attached hydrogen (secondary N) is 1. The molecule has 29 heavy (non-hydrogen) atoms. The fourth-order valence-corrected chi connectivity index (χ4v) is 4.29. The standard InChI is InChI=1S/C22H19ClN2O3S/c1-29(27,28)18-10-11-20(23)19(14-18)22(26)24-16-6-8-17(9-7-16)25-13-12-15-4-2-3-5-21(15)25/h2-11,14H,12-13H2,1H3,(H,24,26). The van der Waals surface area contributed by atoms with Crippen molar-refractivity contribution in [2.75, 3.05) is 23.0 Å². The van der Waals surface area contributed by atoms with Crippen molar-refractivity contribution in [3.63, 3.8) is 0 Å². The van der Waals surface area contributed by atoms with Gasteiger partial charge in [0.05, 0.1) is 15.5 Å². The molecule has 0 bridgehead atoms. The molecule has 3 aromatic carbocycles.